The van der Waals surface area contributed by atoms with E-state index in [4.69, 9.17) is 10.5 Å². The molecule has 7 rings (SSSR count). The second-order valence-corrected chi connectivity index (χ2v) is 12.5. The first-order chi connectivity index (χ1) is 17.6. The van der Waals surface area contributed by atoms with E-state index in [1.165, 1.54) is 16.7 Å². The number of pyridine rings is 1. The second-order valence-electron chi connectivity index (χ2n) is 12.5. The molecule has 1 saturated heterocycles. The number of nitrogen functional groups attached to an aromatic ring is 1. The normalized spacial score (nSPS) is 42.1. The Morgan fingerprint density at radius 3 is 2.73 bits per heavy atom. The predicted octanol–water partition coefficient (Wildman–Crippen LogP) is 4.09. The summed E-state index contributed by atoms with van der Waals surface area (Å²) in [5, 5.41) is 24.4. The smallest absolute Gasteiger partial charge is 0.123 e. The average Bonchev–Trinajstić information content (AvgIpc) is 3.39. The van der Waals surface area contributed by atoms with Crippen molar-refractivity contribution in [1.29, 1.82) is 0 Å². The number of likely N-dealkylation sites (N-methyl/N-ethyl adjacent to an activating group) is 1. The molecule has 1 aromatic carbocycles. The molecule has 1 aromatic heterocycles. The van der Waals surface area contributed by atoms with Crippen LogP contribution in [0, 0.1) is 17.3 Å². The Labute approximate surface area is 218 Å². The molecule has 6 nitrogen and oxygen atoms in total. The molecule has 6 heteroatoms. The minimum atomic E-state index is -0.903. The number of benzene rings is 1. The highest BCUT2D eigenvalue weighted by Crippen LogP contribution is 2.69. The first-order valence-electron chi connectivity index (χ1n) is 13.6. The fourth-order valence-electron chi connectivity index (χ4n) is 8.58. The van der Waals surface area contributed by atoms with Crippen LogP contribution in [0.3, 0.4) is 0 Å². The van der Waals surface area contributed by atoms with Crippen LogP contribution in [0.2, 0.25) is 0 Å². The first kappa shape index (κ1) is 23.6. The van der Waals surface area contributed by atoms with E-state index in [9.17, 15) is 10.2 Å². The number of fused-ring (bicyclic) bond motifs is 2. The van der Waals surface area contributed by atoms with E-state index in [0.29, 0.717) is 24.1 Å². The van der Waals surface area contributed by atoms with Crippen LogP contribution in [0.15, 0.2) is 59.8 Å². The van der Waals surface area contributed by atoms with Crippen LogP contribution in [0.5, 0.6) is 0 Å². The predicted molar refractivity (Wildman–Crippen MR) is 146 cm³/mol. The number of ether oxygens (including phenoxy) is 1. The van der Waals surface area contributed by atoms with E-state index in [2.05, 4.69) is 55.3 Å². The maximum absolute atomic E-state index is 11.2. The van der Waals surface area contributed by atoms with Gasteiger partial charge in [0.2, 0.25) is 0 Å². The molecule has 2 aromatic rings. The van der Waals surface area contributed by atoms with Gasteiger partial charge in [-0.15, -0.1) is 0 Å². The van der Waals surface area contributed by atoms with E-state index in [0.717, 1.165) is 35.6 Å². The largest absolute Gasteiger partial charge is 0.388 e. The second kappa shape index (κ2) is 7.54. The highest BCUT2D eigenvalue weighted by atomic mass is 16.5. The van der Waals surface area contributed by atoms with Crippen LogP contribution >= 0.6 is 0 Å². The van der Waals surface area contributed by atoms with Gasteiger partial charge in [0, 0.05) is 29.0 Å². The Hall–Kier alpha value is -2.51. The molecule has 0 radical (unpaired) electrons. The number of rotatable bonds is 2. The van der Waals surface area contributed by atoms with E-state index in [1.807, 2.05) is 31.3 Å². The number of nitrogens with zero attached hydrogens (tertiary/aromatic N) is 2. The highest BCUT2D eigenvalue weighted by Gasteiger charge is 2.68. The molecule has 1 saturated carbocycles. The zero-order valence-corrected chi connectivity index (χ0v) is 22.1. The summed E-state index contributed by atoms with van der Waals surface area (Å²) < 4.78 is 7.28. The van der Waals surface area contributed by atoms with Gasteiger partial charge in [0.15, 0.2) is 0 Å². The van der Waals surface area contributed by atoms with Crippen LogP contribution in [-0.2, 0) is 4.74 Å². The molecule has 8 atom stereocenters. The summed E-state index contributed by atoms with van der Waals surface area (Å²) >= 11 is 0. The molecule has 4 N–H and O–H groups in total. The number of aliphatic hydroxyl groups is 2. The summed E-state index contributed by atoms with van der Waals surface area (Å²) in [4.78, 5) is 6.35. The van der Waals surface area contributed by atoms with Crippen LogP contribution in [0.4, 0.5) is 5.82 Å². The fraction of sp³-hybridized carbons (Fsp3) is 0.516. The van der Waals surface area contributed by atoms with Gasteiger partial charge in [-0.3, -0.25) is 0 Å². The lowest BCUT2D eigenvalue weighted by Gasteiger charge is -2.57. The summed E-state index contributed by atoms with van der Waals surface area (Å²) in [6, 6.07) is 8.42. The van der Waals surface area contributed by atoms with Gasteiger partial charge in [0.05, 0.1) is 17.3 Å². The number of hydrogen-bond donors (Lipinski definition) is 3. The lowest BCUT2D eigenvalue weighted by Crippen LogP contribution is -2.62. The molecule has 2 unspecified atom stereocenters. The Bertz CT molecular complexity index is 1410. The molecule has 2 spiro atoms. The fourth-order valence-corrected chi connectivity index (χ4v) is 8.58. The van der Waals surface area contributed by atoms with Gasteiger partial charge in [0.25, 0.3) is 0 Å². The lowest BCUT2D eigenvalue weighted by atomic mass is 9.54. The molecule has 2 bridgehead atoms. The molecule has 2 fully saturated rings. The summed E-state index contributed by atoms with van der Waals surface area (Å²) in [7, 11) is 3.95. The third kappa shape index (κ3) is 2.93. The average molecular weight is 500 g/mol. The molecule has 3 aliphatic carbocycles. The summed E-state index contributed by atoms with van der Waals surface area (Å²) in [5.41, 5.74) is 9.67. The van der Waals surface area contributed by atoms with Crippen molar-refractivity contribution in [3.63, 3.8) is 0 Å². The molecule has 194 valence electrons. The van der Waals surface area contributed by atoms with Gasteiger partial charge < -0.3 is 25.6 Å². The number of allylic oxidation sites excluding steroid dienone is 3. The van der Waals surface area contributed by atoms with E-state index in [-0.39, 0.29) is 17.1 Å². The van der Waals surface area contributed by atoms with Gasteiger partial charge in [0.1, 0.15) is 11.9 Å². The van der Waals surface area contributed by atoms with Crippen molar-refractivity contribution in [3.05, 3.63) is 65.4 Å². The molecular weight excluding hydrogens is 462 g/mol. The maximum Gasteiger partial charge on any atom is 0.123 e. The van der Waals surface area contributed by atoms with Crippen molar-refractivity contribution >= 4 is 22.2 Å². The zero-order chi connectivity index (χ0) is 25.9. The monoisotopic (exact) mass is 499 g/mol. The van der Waals surface area contributed by atoms with E-state index < -0.39 is 17.8 Å². The SMILES string of the molecule is CC1C=C2C=C3[C@@H](O)[C@H](O)[C@@H](N(C)C)C[C@]34CC[C@]2(O4)C2CC=C(c3ccc4cc(N)ncc4c3)[C@@]12C. The molecule has 37 heavy (non-hydrogen) atoms. The van der Waals surface area contributed by atoms with Gasteiger partial charge in [-0.1, -0.05) is 44.2 Å². The van der Waals surface area contributed by atoms with Gasteiger partial charge >= 0.3 is 0 Å². The third-order valence-electron chi connectivity index (χ3n) is 10.7. The first-order valence-corrected chi connectivity index (χ1v) is 13.6. The summed E-state index contributed by atoms with van der Waals surface area (Å²) in [5.74, 6) is 1.14. The molecule has 0 amide bonds. The third-order valence-corrected chi connectivity index (χ3v) is 10.7. The number of hydrogen-bond acceptors (Lipinski definition) is 6. The van der Waals surface area contributed by atoms with Crippen LogP contribution in [0.1, 0.15) is 45.1 Å². The van der Waals surface area contributed by atoms with Crippen molar-refractivity contribution in [1.82, 2.24) is 9.88 Å². The van der Waals surface area contributed by atoms with Crippen LogP contribution in [0.25, 0.3) is 16.3 Å². The summed E-state index contributed by atoms with van der Waals surface area (Å²) in [6.45, 7) is 4.74. The molecular formula is C31H37N3O3. The van der Waals surface area contributed by atoms with Crippen LogP contribution in [-0.4, -0.2) is 63.6 Å². The van der Waals surface area contributed by atoms with Crippen molar-refractivity contribution in [2.45, 2.75) is 69.0 Å². The topological polar surface area (TPSA) is 91.8 Å². The minimum Gasteiger partial charge on any atom is -0.388 e. The van der Waals surface area contributed by atoms with Gasteiger partial charge in [-0.05, 0) is 85.5 Å². The number of anilines is 1. The Morgan fingerprint density at radius 1 is 1.14 bits per heavy atom. The molecule has 3 heterocycles. The Morgan fingerprint density at radius 2 is 1.95 bits per heavy atom. The van der Waals surface area contributed by atoms with Crippen molar-refractivity contribution < 1.29 is 14.9 Å². The van der Waals surface area contributed by atoms with E-state index >= 15 is 0 Å². The number of aromatic nitrogens is 1. The quantitative estimate of drug-likeness (QED) is 0.577. The van der Waals surface area contributed by atoms with Gasteiger partial charge in [-0.25, -0.2) is 4.98 Å². The standard InChI is InChI=1S/C31H37N3O3/c1-17-11-21-14-23-27(35)28(36)24(34(3)4)15-30(23)9-10-31(21,37-30)25-8-7-22(29(17,25)2)19-6-5-18-13-26(32)33-16-20(18)12-19/h5-7,11-14,16-17,24-25,27-28,35-36H,8-10,15H2,1-4H3,(H2,32,33)/t17?,24-,25?,27+,28+,29+,30+,31+/m0/s1. The van der Waals surface area contributed by atoms with Crippen molar-refractivity contribution in [3.8, 4) is 0 Å². The zero-order valence-electron chi connectivity index (χ0n) is 22.1. The molecule has 2 aliphatic heterocycles. The number of aliphatic hydroxyl groups excluding tert-OH is 2. The Kier molecular flexibility index (Phi) is 4.81. The summed E-state index contributed by atoms with van der Waals surface area (Å²) in [6.07, 6.45) is 10.7. The number of nitrogens with two attached hydrogens (primary N) is 1. The van der Waals surface area contributed by atoms with Crippen molar-refractivity contribution in [2.75, 3.05) is 19.8 Å². The molecule has 5 aliphatic rings. The maximum atomic E-state index is 11.2. The van der Waals surface area contributed by atoms with Gasteiger partial charge in [-0.2, -0.15) is 0 Å². The highest BCUT2D eigenvalue weighted by molar-refractivity contribution is 5.88. The van der Waals surface area contributed by atoms with Crippen LogP contribution < -0.4 is 5.73 Å². The lowest BCUT2D eigenvalue weighted by molar-refractivity contribution is -0.165. The Balaban J connectivity index is 1.32. The minimum absolute atomic E-state index is 0.0803. The van der Waals surface area contributed by atoms with E-state index in [1.54, 1.807) is 0 Å². The van der Waals surface area contributed by atoms with Crippen molar-refractivity contribution in [2.24, 2.45) is 17.3 Å².